The molecule has 0 bridgehead atoms. The minimum atomic E-state index is -3.81. The lowest BCUT2D eigenvalue weighted by molar-refractivity contribution is 0.302. The number of sulfonamides is 1. The second kappa shape index (κ2) is 3.62. The van der Waals surface area contributed by atoms with Gasteiger partial charge in [-0.05, 0) is 12.8 Å². The molecule has 0 aliphatic heterocycles. The molecule has 15 heavy (non-hydrogen) atoms. The molecule has 2 N–H and O–H groups in total. The summed E-state index contributed by atoms with van der Waals surface area (Å²) >= 11 is 5.80. The van der Waals surface area contributed by atoms with Crippen molar-refractivity contribution in [3.8, 4) is 5.75 Å². The Morgan fingerprint density at radius 2 is 2.20 bits per heavy atom. The van der Waals surface area contributed by atoms with Crippen molar-refractivity contribution >= 4 is 21.6 Å². The van der Waals surface area contributed by atoms with E-state index in [2.05, 4.69) is 4.98 Å². The van der Waals surface area contributed by atoms with Crippen molar-refractivity contribution in [2.45, 2.75) is 24.0 Å². The van der Waals surface area contributed by atoms with Gasteiger partial charge in [0.05, 0.1) is 12.3 Å². The second-order valence-corrected chi connectivity index (χ2v) is 5.23. The third-order valence-electron chi connectivity index (χ3n) is 1.90. The van der Waals surface area contributed by atoms with Gasteiger partial charge in [0.2, 0.25) is 0 Å². The van der Waals surface area contributed by atoms with E-state index in [1.54, 1.807) is 0 Å². The van der Waals surface area contributed by atoms with E-state index < -0.39 is 10.0 Å². The number of ether oxygens (including phenoxy) is 1. The molecule has 0 atom stereocenters. The van der Waals surface area contributed by atoms with Crippen molar-refractivity contribution in [2.24, 2.45) is 5.14 Å². The molecule has 0 unspecified atom stereocenters. The van der Waals surface area contributed by atoms with E-state index in [1.807, 2.05) is 0 Å². The zero-order valence-corrected chi connectivity index (χ0v) is 9.25. The highest BCUT2D eigenvalue weighted by molar-refractivity contribution is 7.89. The lowest BCUT2D eigenvalue weighted by atomic mass is 10.4. The average molecular weight is 249 g/mol. The highest BCUT2D eigenvalue weighted by atomic mass is 35.5. The van der Waals surface area contributed by atoms with Crippen LogP contribution in [-0.2, 0) is 10.0 Å². The van der Waals surface area contributed by atoms with Gasteiger partial charge in [-0.2, -0.15) is 0 Å². The van der Waals surface area contributed by atoms with Gasteiger partial charge in [0, 0.05) is 6.07 Å². The van der Waals surface area contributed by atoms with E-state index in [0.717, 1.165) is 12.8 Å². The highest BCUT2D eigenvalue weighted by Crippen LogP contribution is 2.32. The molecule has 1 aliphatic rings. The van der Waals surface area contributed by atoms with E-state index in [0.29, 0.717) is 5.75 Å². The van der Waals surface area contributed by atoms with Crippen molar-refractivity contribution in [3.05, 3.63) is 17.3 Å². The molecular weight excluding hydrogens is 240 g/mol. The van der Waals surface area contributed by atoms with Crippen LogP contribution >= 0.6 is 11.6 Å². The summed E-state index contributed by atoms with van der Waals surface area (Å²) in [4.78, 5) is 3.61. The Balaban J connectivity index is 2.35. The van der Waals surface area contributed by atoms with Gasteiger partial charge in [-0.25, -0.2) is 18.5 Å². The summed E-state index contributed by atoms with van der Waals surface area (Å²) in [5.74, 6) is 0.318. The minimum Gasteiger partial charge on any atom is -0.489 e. The molecule has 0 radical (unpaired) electrons. The maximum atomic E-state index is 11.0. The molecule has 5 nitrogen and oxygen atoms in total. The van der Waals surface area contributed by atoms with Crippen LogP contribution in [0.25, 0.3) is 0 Å². The van der Waals surface area contributed by atoms with Crippen LogP contribution in [0.5, 0.6) is 5.75 Å². The van der Waals surface area contributed by atoms with E-state index in [4.69, 9.17) is 21.5 Å². The largest absolute Gasteiger partial charge is 0.489 e. The van der Waals surface area contributed by atoms with Crippen LogP contribution in [0.1, 0.15) is 12.8 Å². The van der Waals surface area contributed by atoms with Gasteiger partial charge in [0.1, 0.15) is 10.8 Å². The molecule has 0 amide bonds. The zero-order chi connectivity index (χ0) is 11.1. The van der Waals surface area contributed by atoms with Crippen molar-refractivity contribution in [2.75, 3.05) is 0 Å². The average Bonchev–Trinajstić information content (AvgIpc) is 2.90. The first-order valence-corrected chi connectivity index (χ1v) is 6.24. The summed E-state index contributed by atoms with van der Waals surface area (Å²) in [6, 6.07) is 1.25. The lowest BCUT2D eigenvalue weighted by Gasteiger charge is -2.07. The summed E-state index contributed by atoms with van der Waals surface area (Å²) in [6.45, 7) is 0. The number of hydrogen-bond acceptors (Lipinski definition) is 4. The number of pyridine rings is 1. The predicted octanol–water partition coefficient (Wildman–Crippen LogP) is 0.924. The minimum absolute atomic E-state index is 0.137. The normalized spacial score (nSPS) is 16.4. The van der Waals surface area contributed by atoms with Crippen LogP contribution in [-0.4, -0.2) is 19.5 Å². The topological polar surface area (TPSA) is 82.3 Å². The summed E-state index contributed by atoms with van der Waals surface area (Å²) < 4.78 is 27.4. The SMILES string of the molecule is NS(=O)(=O)c1cc(OC2CC2)c(Cl)cn1. The third kappa shape index (κ3) is 2.58. The molecule has 1 aliphatic carbocycles. The Bertz CT molecular complexity index is 485. The van der Waals surface area contributed by atoms with Crippen molar-refractivity contribution in [1.29, 1.82) is 0 Å². The van der Waals surface area contributed by atoms with Crippen LogP contribution in [0.3, 0.4) is 0 Å². The number of halogens is 1. The first kappa shape index (κ1) is 10.7. The molecule has 1 aromatic rings. The quantitative estimate of drug-likeness (QED) is 0.862. The molecule has 1 aromatic heterocycles. The number of aromatic nitrogens is 1. The Morgan fingerprint density at radius 1 is 1.53 bits per heavy atom. The summed E-state index contributed by atoms with van der Waals surface area (Å²) in [5.41, 5.74) is 0. The van der Waals surface area contributed by atoms with Crippen LogP contribution in [0.2, 0.25) is 5.02 Å². The predicted molar refractivity (Wildman–Crippen MR) is 54.3 cm³/mol. The van der Waals surface area contributed by atoms with Gasteiger partial charge in [-0.3, -0.25) is 0 Å². The summed E-state index contributed by atoms with van der Waals surface area (Å²) in [5, 5.41) is 4.99. The zero-order valence-electron chi connectivity index (χ0n) is 7.68. The van der Waals surface area contributed by atoms with E-state index in [1.165, 1.54) is 12.3 Å². The number of rotatable bonds is 3. The van der Waals surface area contributed by atoms with E-state index >= 15 is 0 Å². The maximum Gasteiger partial charge on any atom is 0.255 e. The molecule has 1 saturated carbocycles. The fourth-order valence-corrected chi connectivity index (χ4v) is 1.63. The standard InChI is InChI=1S/C8H9ClN2O3S/c9-6-4-11-8(15(10,12)13)3-7(6)14-5-1-2-5/h3-5H,1-2H2,(H2,10,12,13). The Morgan fingerprint density at radius 3 is 2.73 bits per heavy atom. The molecule has 0 spiro atoms. The third-order valence-corrected chi connectivity index (χ3v) is 2.99. The monoisotopic (exact) mass is 248 g/mol. The fraction of sp³-hybridized carbons (Fsp3) is 0.375. The Hall–Kier alpha value is -0.850. The van der Waals surface area contributed by atoms with Crippen LogP contribution < -0.4 is 9.88 Å². The van der Waals surface area contributed by atoms with Crippen molar-refractivity contribution in [3.63, 3.8) is 0 Å². The number of nitrogens with two attached hydrogens (primary N) is 1. The molecule has 0 aromatic carbocycles. The van der Waals surface area contributed by atoms with Gasteiger partial charge < -0.3 is 4.74 Å². The molecule has 2 rings (SSSR count). The van der Waals surface area contributed by atoms with Gasteiger partial charge in [0.25, 0.3) is 10.0 Å². The lowest BCUT2D eigenvalue weighted by Crippen LogP contribution is -2.14. The fourth-order valence-electron chi connectivity index (χ4n) is 1.01. The molecule has 1 heterocycles. The second-order valence-electron chi connectivity index (χ2n) is 3.32. The van der Waals surface area contributed by atoms with Gasteiger partial charge >= 0.3 is 0 Å². The first-order chi connectivity index (χ1) is 6.97. The number of hydrogen-bond donors (Lipinski definition) is 1. The molecular formula is C8H9ClN2O3S. The van der Waals surface area contributed by atoms with Crippen LogP contribution in [0.15, 0.2) is 17.3 Å². The maximum absolute atomic E-state index is 11.0. The van der Waals surface area contributed by atoms with Crippen LogP contribution in [0.4, 0.5) is 0 Å². The molecule has 7 heteroatoms. The molecule has 82 valence electrons. The highest BCUT2D eigenvalue weighted by Gasteiger charge is 2.25. The first-order valence-electron chi connectivity index (χ1n) is 4.32. The van der Waals surface area contributed by atoms with Crippen molar-refractivity contribution < 1.29 is 13.2 Å². The number of nitrogens with zero attached hydrogens (tertiary/aromatic N) is 1. The summed E-state index contributed by atoms with van der Waals surface area (Å²) in [6.07, 6.45) is 3.28. The smallest absolute Gasteiger partial charge is 0.255 e. The van der Waals surface area contributed by atoms with Gasteiger partial charge in [-0.15, -0.1) is 0 Å². The molecule has 1 fully saturated rings. The summed E-state index contributed by atoms with van der Waals surface area (Å²) in [7, 11) is -3.81. The van der Waals surface area contributed by atoms with Gasteiger partial charge in [-0.1, -0.05) is 11.6 Å². The molecule has 0 saturated heterocycles. The van der Waals surface area contributed by atoms with E-state index in [-0.39, 0.29) is 16.2 Å². The van der Waals surface area contributed by atoms with Gasteiger partial charge in [0.15, 0.2) is 5.03 Å². The van der Waals surface area contributed by atoms with E-state index in [9.17, 15) is 8.42 Å². The Kier molecular flexibility index (Phi) is 2.57. The van der Waals surface area contributed by atoms with Crippen molar-refractivity contribution in [1.82, 2.24) is 4.98 Å². The van der Waals surface area contributed by atoms with Crippen LogP contribution in [0, 0.1) is 0 Å². The Labute approximate surface area is 92.3 Å². The number of primary sulfonamides is 1.